The van der Waals surface area contributed by atoms with E-state index in [1.54, 1.807) is 0 Å². The molecular weight excluding hydrogens is 160 g/mol. The summed E-state index contributed by atoms with van der Waals surface area (Å²) in [5.74, 6) is 0.763. The van der Waals surface area contributed by atoms with Crippen molar-refractivity contribution in [1.82, 2.24) is 9.88 Å². The highest BCUT2D eigenvalue weighted by Crippen LogP contribution is 2.23. The standard InChI is InChI=1S/C11H18N2/c1-9(2)8-10-11-4-3-6-13(11)7-5-12-10/h3-4,6,9-10,12H,5,7-8H2,1-2H3. The first kappa shape index (κ1) is 8.82. The Bertz CT molecular complexity index is 275. The molecule has 0 aliphatic carbocycles. The van der Waals surface area contributed by atoms with Crippen LogP contribution in [0.2, 0.25) is 0 Å². The van der Waals surface area contributed by atoms with E-state index in [1.165, 1.54) is 12.1 Å². The third kappa shape index (κ3) is 1.78. The van der Waals surface area contributed by atoms with Gasteiger partial charge >= 0.3 is 0 Å². The lowest BCUT2D eigenvalue weighted by Crippen LogP contribution is -2.33. The molecule has 1 aromatic rings. The van der Waals surface area contributed by atoms with Gasteiger partial charge in [0.05, 0.1) is 0 Å². The lowest BCUT2D eigenvalue weighted by molar-refractivity contribution is 0.367. The average Bonchev–Trinajstić information content (AvgIpc) is 2.51. The zero-order chi connectivity index (χ0) is 9.26. The molecule has 0 fully saturated rings. The monoisotopic (exact) mass is 178 g/mol. The van der Waals surface area contributed by atoms with Crippen LogP contribution in [0.1, 0.15) is 32.0 Å². The number of hydrogen-bond acceptors (Lipinski definition) is 1. The molecule has 2 rings (SSSR count). The summed E-state index contributed by atoms with van der Waals surface area (Å²) < 4.78 is 2.36. The molecule has 1 aliphatic heterocycles. The maximum atomic E-state index is 3.57. The van der Waals surface area contributed by atoms with E-state index in [2.05, 4.69) is 42.1 Å². The van der Waals surface area contributed by atoms with Crippen molar-refractivity contribution < 1.29 is 0 Å². The third-order valence-corrected chi connectivity index (χ3v) is 2.67. The summed E-state index contributed by atoms with van der Waals surface area (Å²) in [6, 6.07) is 4.96. The van der Waals surface area contributed by atoms with Gasteiger partial charge in [0, 0.05) is 31.0 Å². The van der Waals surface area contributed by atoms with Crippen molar-refractivity contribution in [3.63, 3.8) is 0 Å². The van der Waals surface area contributed by atoms with Crippen LogP contribution in [0.4, 0.5) is 0 Å². The summed E-state index contributed by atoms with van der Waals surface area (Å²) in [5.41, 5.74) is 1.46. The molecule has 0 bridgehead atoms. The fourth-order valence-corrected chi connectivity index (χ4v) is 2.09. The molecular formula is C11H18N2. The molecule has 0 radical (unpaired) electrons. The minimum absolute atomic E-state index is 0.573. The van der Waals surface area contributed by atoms with Gasteiger partial charge in [0.15, 0.2) is 0 Å². The molecule has 0 saturated carbocycles. The number of nitrogens with one attached hydrogen (secondary N) is 1. The van der Waals surface area contributed by atoms with Gasteiger partial charge in [0.1, 0.15) is 0 Å². The van der Waals surface area contributed by atoms with Crippen LogP contribution in [-0.2, 0) is 6.54 Å². The highest BCUT2D eigenvalue weighted by atomic mass is 15.1. The molecule has 2 nitrogen and oxygen atoms in total. The second kappa shape index (κ2) is 3.54. The van der Waals surface area contributed by atoms with Crippen molar-refractivity contribution >= 4 is 0 Å². The van der Waals surface area contributed by atoms with Crippen LogP contribution in [0.3, 0.4) is 0 Å². The Morgan fingerprint density at radius 1 is 1.62 bits per heavy atom. The summed E-state index contributed by atoms with van der Waals surface area (Å²) in [6.45, 7) is 6.79. The molecule has 0 spiro atoms. The number of fused-ring (bicyclic) bond motifs is 1. The van der Waals surface area contributed by atoms with Crippen LogP contribution < -0.4 is 5.32 Å². The summed E-state index contributed by atoms with van der Waals surface area (Å²) in [7, 11) is 0. The number of nitrogens with zero attached hydrogens (tertiary/aromatic N) is 1. The Balaban J connectivity index is 2.15. The van der Waals surface area contributed by atoms with E-state index in [-0.39, 0.29) is 0 Å². The van der Waals surface area contributed by atoms with Crippen LogP contribution in [0.25, 0.3) is 0 Å². The summed E-state index contributed by atoms with van der Waals surface area (Å²) in [6.07, 6.45) is 3.42. The molecule has 1 unspecified atom stereocenters. The minimum Gasteiger partial charge on any atom is -0.349 e. The van der Waals surface area contributed by atoms with E-state index in [4.69, 9.17) is 0 Å². The lowest BCUT2D eigenvalue weighted by Gasteiger charge is -2.27. The Kier molecular flexibility index (Phi) is 2.40. The highest BCUT2D eigenvalue weighted by molar-refractivity contribution is 5.14. The topological polar surface area (TPSA) is 17.0 Å². The first-order valence-electron chi connectivity index (χ1n) is 5.16. The Hall–Kier alpha value is -0.760. The summed E-state index contributed by atoms with van der Waals surface area (Å²) in [5, 5.41) is 3.57. The van der Waals surface area contributed by atoms with Gasteiger partial charge in [0.25, 0.3) is 0 Å². The highest BCUT2D eigenvalue weighted by Gasteiger charge is 2.19. The second-order valence-electron chi connectivity index (χ2n) is 4.26. The predicted molar refractivity (Wildman–Crippen MR) is 54.6 cm³/mol. The van der Waals surface area contributed by atoms with Crippen molar-refractivity contribution in [3.05, 3.63) is 24.0 Å². The quantitative estimate of drug-likeness (QED) is 0.734. The fourth-order valence-electron chi connectivity index (χ4n) is 2.09. The zero-order valence-corrected chi connectivity index (χ0v) is 8.46. The van der Waals surface area contributed by atoms with Crippen molar-refractivity contribution in [2.24, 2.45) is 5.92 Å². The van der Waals surface area contributed by atoms with Crippen molar-refractivity contribution in [2.45, 2.75) is 32.9 Å². The van der Waals surface area contributed by atoms with E-state index in [9.17, 15) is 0 Å². The molecule has 2 heterocycles. The van der Waals surface area contributed by atoms with Gasteiger partial charge in [-0.25, -0.2) is 0 Å². The predicted octanol–water partition coefficient (Wildman–Crippen LogP) is 2.18. The average molecular weight is 178 g/mol. The van der Waals surface area contributed by atoms with Crippen LogP contribution in [0.15, 0.2) is 18.3 Å². The van der Waals surface area contributed by atoms with Gasteiger partial charge in [-0.2, -0.15) is 0 Å². The summed E-state index contributed by atoms with van der Waals surface area (Å²) in [4.78, 5) is 0. The van der Waals surface area contributed by atoms with E-state index in [1.807, 2.05) is 0 Å². The fraction of sp³-hybridized carbons (Fsp3) is 0.636. The van der Waals surface area contributed by atoms with E-state index in [0.29, 0.717) is 6.04 Å². The molecule has 2 heteroatoms. The molecule has 0 saturated heterocycles. The maximum Gasteiger partial charge on any atom is 0.0477 e. The molecule has 1 atom stereocenters. The normalized spacial score (nSPS) is 21.9. The number of aromatic nitrogens is 1. The van der Waals surface area contributed by atoms with Gasteiger partial charge in [-0.3, -0.25) is 0 Å². The van der Waals surface area contributed by atoms with E-state index >= 15 is 0 Å². The van der Waals surface area contributed by atoms with Crippen molar-refractivity contribution in [1.29, 1.82) is 0 Å². The van der Waals surface area contributed by atoms with Gasteiger partial charge in [-0.05, 0) is 24.5 Å². The van der Waals surface area contributed by atoms with Crippen molar-refractivity contribution in [3.8, 4) is 0 Å². The first-order chi connectivity index (χ1) is 6.27. The first-order valence-corrected chi connectivity index (χ1v) is 5.16. The van der Waals surface area contributed by atoms with Crippen LogP contribution in [0, 0.1) is 5.92 Å². The molecule has 1 aliphatic rings. The van der Waals surface area contributed by atoms with E-state index in [0.717, 1.165) is 19.0 Å². The molecule has 0 amide bonds. The maximum absolute atomic E-state index is 3.57. The Morgan fingerprint density at radius 2 is 2.46 bits per heavy atom. The van der Waals surface area contributed by atoms with Crippen LogP contribution >= 0.6 is 0 Å². The van der Waals surface area contributed by atoms with Gasteiger partial charge < -0.3 is 9.88 Å². The summed E-state index contributed by atoms with van der Waals surface area (Å²) >= 11 is 0. The molecule has 1 N–H and O–H groups in total. The lowest BCUT2D eigenvalue weighted by atomic mass is 10.00. The van der Waals surface area contributed by atoms with E-state index < -0.39 is 0 Å². The minimum atomic E-state index is 0.573. The number of rotatable bonds is 2. The number of hydrogen-bond donors (Lipinski definition) is 1. The Morgan fingerprint density at radius 3 is 3.23 bits per heavy atom. The van der Waals surface area contributed by atoms with Crippen LogP contribution in [0.5, 0.6) is 0 Å². The molecule has 72 valence electrons. The van der Waals surface area contributed by atoms with Gasteiger partial charge in [0.2, 0.25) is 0 Å². The smallest absolute Gasteiger partial charge is 0.0477 e. The third-order valence-electron chi connectivity index (χ3n) is 2.67. The molecule has 0 aromatic carbocycles. The van der Waals surface area contributed by atoms with Crippen LogP contribution in [-0.4, -0.2) is 11.1 Å². The largest absolute Gasteiger partial charge is 0.349 e. The van der Waals surface area contributed by atoms with Gasteiger partial charge in [-0.1, -0.05) is 13.8 Å². The molecule has 13 heavy (non-hydrogen) atoms. The Labute approximate surface area is 79.9 Å². The second-order valence-corrected chi connectivity index (χ2v) is 4.26. The SMILES string of the molecule is CC(C)CC1NCCn2cccc21. The molecule has 1 aromatic heterocycles. The van der Waals surface area contributed by atoms with Crippen molar-refractivity contribution in [2.75, 3.05) is 6.54 Å². The van der Waals surface area contributed by atoms with Gasteiger partial charge in [-0.15, -0.1) is 0 Å². The zero-order valence-electron chi connectivity index (χ0n) is 8.46.